The summed E-state index contributed by atoms with van der Waals surface area (Å²) in [6.45, 7) is 6.28. The van der Waals surface area contributed by atoms with Crippen molar-refractivity contribution in [1.82, 2.24) is 9.55 Å². The molecule has 5 nitrogen and oxygen atoms in total. The minimum Gasteiger partial charge on any atom is -0.461 e. The number of nitrogen functional groups attached to an aromatic ring is 1. The number of aromatic nitrogens is 2. The molecule has 0 bridgehead atoms. The van der Waals surface area contributed by atoms with E-state index >= 15 is 0 Å². The number of ether oxygens (including phenoxy) is 1. The molecule has 0 atom stereocenters. The summed E-state index contributed by atoms with van der Waals surface area (Å²) < 4.78 is 7.03. The third-order valence-corrected chi connectivity index (χ3v) is 4.35. The van der Waals surface area contributed by atoms with E-state index in [0.717, 1.165) is 24.6 Å². The second kappa shape index (κ2) is 6.29. The first-order valence-corrected chi connectivity index (χ1v) is 7.59. The highest BCUT2D eigenvalue weighted by Gasteiger charge is 2.27. The molecule has 1 aromatic rings. The van der Waals surface area contributed by atoms with Crippen LogP contribution in [0.2, 0.25) is 0 Å². The number of esters is 1. The predicted molar refractivity (Wildman–Crippen MR) is 78.6 cm³/mol. The number of hydrogen-bond acceptors (Lipinski definition) is 4. The van der Waals surface area contributed by atoms with Crippen LogP contribution in [0.5, 0.6) is 0 Å². The van der Waals surface area contributed by atoms with E-state index in [2.05, 4.69) is 11.9 Å². The quantitative estimate of drug-likeness (QED) is 0.860. The first-order chi connectivity index (χ1) is 9.58. The zero-order valence-corrected chi connectivity index (χ0v) is 12.7. The van der Waals surface area contributed by atoms with Crippen LogP contribution in [-0.4, -0.2) is 22.1 Å². The van der Waals surface area contributed by atoms with E-state index in [0.29, 0.717) is 18.5 Å². The van der Waals surface area contributed by atoms with E-state index < -0.39 is 5.97 Å². The first kappa shape index (κ1) is 14.9. The van der Waals surface area contributed by atoms with E-state index in [1.165, 1.54) is 19.3 Å². The average molecular weight is 279 g/mol. The number of imidazole rings is 1. The lowest BCUT2D eigenvalue weighted by Gasteiger charge is -2.30. The van der Waals surface area contributed by atoms with Gasteiger partial charge >= 0.3 is 5.97 Å². The molecule has 0 aromatic carbocycles. The second-order valence-corrected chi connectivity index (χ2v) is 5.57. The number of nitrogens with zero attached hydrogens (tertiary/aromatic N) is 2. The average Bonchev–Trinajstić information content (AvgIpc) is 2.75. The fourth-order valence-corrected chi connectivity index (χ4v) is 3.18. The standard InChI is InChI=1S/C15H25N3O2/c1-4-11-6-8-12(9-7-11)18-10(3)17-13(14(18)16)15(19)20-5-2/h11-12H,4-9,16H2,1-3H3. The summed E-state index contributed by atoms with van der Waals surface area (Å²) in [6, 6.07) is 0.369. The summed E-state index contributed by atoms with van der Waals surface area (Å²) >= 11 is 0. The maximum absolute atomic E-state index is 11.8. The van der Waals surface area contributed by atoms with Crippen LogP contribution in [-0.2, 0) is 4.74 Å². The van der Waals surface area contributed by atoms with Crippen LogP contribution in [0, 0.1) is 12.8 Å². The maximum atomic E-state index is 11.8. The van der Waals surface area contributed by atoms with Gasteiger partial charge in [0.1, 0.15) is 11.6 Å². The molecule has 2 N–H and O–H groups in total. The monoisotopic (exact) mass is 279 g/mol. The van der Waals surface area contributed by atoms with Gasteiger partial charge in [0.15, 0.2) is 5.69 Å². The minimum absolute atomic E-state index is 0.266. The van der Waals surface area contributed by atoms with Gasteiger partial charge in [0.05, 0.1) is 6.61 Å². The number of carbonyl (C=O) groups is 1. The minimum atomic E-state index is -0.422. The molecule has 1 heterocycles. The summed E-state index contributed by atoms with van der Waals surface area (Å²) in [6.07, 6.45) is 5.93. The van der Waals surface area contributed by atoms with Gasteiger partial charge in [-0.05, 0) is 45.4 Å². The van der Waals surface area contributed by atoms with Crippen LogP contribution in [0.25, 0.3) is 0 Å². The van der Waals surface area contributed by atoms with Crippen molar-refractivity contribution in [2.75, 3.05) is 12.3 Å². The van der Waals surface area contributed by atoms with Gasteiger partial charge in [0.2, 0.25) is 0 Å². The van der Waals surface area contributed by atoms with Gasteiger partial charge in [-0.3, -0.25) is 0 Å². The van der Waals surface area contributed by atoms with Gasteiger partial charge in [-0.2, -0.15) is 0 Å². The molecule has 0 spiro atoms. The Balaban J connectivity index is 2.18. The molecule has 1 aliphatic carbocycles. The summed E-state index contributed by atoms with van der Waals surface area (Å²) in [5.74, 6) is 1.68. The van der Waals surface area contributed by atoms with E-state index in [1.807, 2.05) is 11.5 Å². The van der Waals surface area contributed by atoms with Gasteiger partial charge in [0, 0.05) is 6.04 Å². The lowest BCUT2D eigenvalue weighted by molar-refractivity contribution is 0.0521. The third-order valence-electron chi connectivity index (χ3n) is 4.35. The number of aryl methyl sites for hydroxylation is 1. The Hall–Kier alpha value is -1.52. The van der Waals surface area contributed by atoms with Crippen molar-refractivity contribution in [3.05, 3.63) is 11.5 Å². The van der Waals surface area contributed by atoms with Crippen molar-refractivity contribution in [1.29, 1.82) is 0 Å². The summed E-state index contributed by atoms with van der Waals surface area (Å²) in [7, 11) is 0. The van der Waals surface area contributed by atoms with Crippen molar-refractivity contribution < 1.29 is 9.53 Å². The van der Waals surface area contributed by atoms with E-state index in [1.54, 1.807) is 6.92 Å². The predicted octanol–water partition coefficient (Wildman–Crippen LogP) is 3.09. The van der Waals surface area contributed by atoms with Crippen molar-refractivity contribution >= 4 is 11.8 Å². The van der Waals surface area contributed by atoms with Gasteiger partial charge in [-0.1, -0.05) is 13.3 Å². The van der Waals surface area contributed by atoms with E-state index in [4.69, 9.17) is 10.5 Å². The second-order valence-electron chi connectivity index (χ2n) is 5.57. The number of anilines is 1. The van der Waals surface area contributed by atoms with Gasteiger partial charge in [-0.25, -0.2) is 9.78 Å². The Labute approximate surface area is 120 Å². The lowest BCUT2D eigenvalue weighted by Crippen LogP contribution is -2.20. The van der Waals surface area contributed by atoms with Gasteiger partial charge in [0.25, 0.3) is 0 Å². The third kappa shape index (κ3) is 2.81. The largest absolute Gasteiger partial charge is 0.461 e. The van der Waals surface area contributed by atoms with E-state index in [9.17, 15) is 4.79 Å². The molecule has 1 aliphatic rings. The topological polar surface area (TPSA) is 70.1 Å². The normalized spacial score (nSPS) is 22.8. The van der Waals surface area contributed by atoms with Gasteiger partial charge < -0.3 is 15.0 Å². The van der Waals surface area contributed by atoms with Crippen molar-refractivity contribution in [2.24, 2.45) is 5.92 Å². The highest BCUT2D eigenvalue weighted by atomic mass is 16.5. The molecule has 0 unspecified atom stereocenters. The summed E-state index contributed by atoms with van der Waals surface area (Å²) in [5.41, 5.74) is 6.40. The van der Waals surface area contributed by atoms with Crippen LogP contribution in [0.3, 0.4) is 0 Å². The molecule has 1 saturated carbocycles. The van der Waals surface area contributed by atoms with Crippen LogP contribution in [0.1, 0.15) is 68.3 Å². The molecule has 20 heavy (non-hydrogen) atoms. The molecule has 0 radical (unpaired) electrons. The fraction of sp³-hybridized carbons (Fsp3) is 0.733. The number of nitrogens with two attached hydrogens (primary N) is 1. The molecule has 0 amide bonds. The molecule has 0 aliphatic heterocycles. The van der Waals surface area contributed by atoms with Crippen molar-refractivity contribution in [3.63, 3.8) is 0 Å². The maximum Gasteiger partial charge on any atom is 0.360 e. The van der Waals surface area contributed by atoms with Crippen LogP contribution >= 0.6 is 0 Å². The SMILES string of the molecule is CCOC(=O)c1nc(C)n(C2CCC(CC)CC2)c1N. The number of hydrogen-bond donors (Lipinski definition) is 1. The molecule has 1 fully saturated rings. The first-order valence-electron chi connectivity index (χ1n) is 7.59. The van der Waals surface area contributed by atoms with Crippen LogP contribution in [0.4, 0.5) is 5.82 Å². The number of carbonyl (C=O) groups excluding carboxylic acids is 1. The Kier molecular flexibility index (Phi) is 4.68. The van der Waals surface area contributed by atoms with Crippen molar-refractivity contribution in [3.8, 4) is 0 Å². The summed E-state index contributed by atoms with van der Waals surface area (Å²) in [5, 5.41) is 0. The van der Waals surface area contributed by atoms with Crippen molar-refractivity contribution in [2.45, 2.75) is 58.9 Å². The Morgan fingerprint density at radius 1 is 1.35 bits per heavy atom. The fourth-order valence-electron chi connectivity index (χ4n) is 3.18. The molecule has 112 valence electrons. The van der Waals surface area contributed by atoms with E-state index in [-0.39, 0.29) is 5.69 Å². The molecular weight excluding hydrogens is 254 g/mol. The molecule has 5 heteroatoms. The molecule has 0 saturated heterocycles. The highest BCUT2D eigenvalue weighted by Crippen LogP contribution is 2.36. The highest BCUT2D eigenvalue weighted by molar-refractivity contribution is 5.92. The van der Waals surface area contributed by atoms with Crippen LogP contribution in [0.15, 0.2) is 0 Å². The summed E-state index contributed by atoms with van der Waals surface area (Å²) in [4.78, 5) is 16.1. The smallest absolute Gasteiger partial charge is 0.360 e. The lowest BCUT2D eigenvalue weighted by atomic mass is 9.84. The molecule has 2 rings (SSSR count). The number of rotatable bonds is 4. The zero-order valence-electron chi connectivity index (χ0n) is 12.7. The van der Waals surface area contributed by atoms with Gasteiger partial charge in [-0.15, -0.1) is 0 Å². The molecule has 1 aromatic heterocycles. The molecular formula is C15H25N3O2. The Morgan fingerprint density at radius 2 is 2.00 bits per heavy atom. The Bertz CT molecular complexity index is 474. The van der Waals surface area contributed by atoms with Crippen LogP contribution < -0.4 is 5.73 Å². The Morgan fingerprint density at radius 3 is 2.55 bits per heavy atom. The zero-order chi connectivity index (χ0) is 14.7.